The van der Waals surface area contributed by atoms with Gasteiger partial charge < -0.3 is 66.0 Å². The van der Waals surface area contributed by atoms with E-state index in [-0.39, 0.29) is 48.3 Å². The molecule has 0 bridgehead atoms. The lowest BCUT2D eigenvalue weighted by Gasteiger charge is -2.35. The fourth-order valence-corrected chi connectivity index (χ4v) is 7.41. The van der Waals surface area contributed by atoms with Crippen LogP contribution in [0, 0.1) is 16.2 Å². The minimum Gasteiger partial charge on any atom is -0.480 e. The average molecular weight is 1180 g/mol. The van der Waals surface area contributed by atoms with Crippen molar-refractivity contribution in [3.8, 4) is 0 Å². The fourth-order valence-electron chi connectivity index (χ4n) is 7.41. The number of aldehydes is 1. The Morgan fingerprint density at radius 1 is 0.561 bits per heavy atom. The largest absolute Gasteiger partial charge is 0.480 e. The highest BCUT2D eigenvalue weighted by Crippen LogP contribution is 2.19. The van der Waals surface area contributed by atoms with E-state index in [0.29, 0.717) is 97.5 Å². The number of aliphatic carboxylic acids is 4. The molecule has 1 saturated heterocycles. The molecule has 1 aliphatic rings. The maximum atomic E-state index is 11.8. The van der Waals surface area contributed by atoms with E-state index in [2.05, 4.69) is 88.9 Å². The first-order valence-electron chi connectivity index (χ1n) is 29.4. The van der Waals surface area contributed by atoms with Gasteiger partial charge in [0.05, 0.1) is 52.6 Å². The van der Waals surface area contributed by atoms with Crippen molar-refractivity contribution >= 4 is 48.9 Å². The molecule has 24 heteroatoms. The van der Waals surface area contributed by atoms with Crippen LogP contribution < -0.4 is 26.6 Å². The summed E-state index contributed by atoms with van der Waals surface area (Å²) >= 11 is 0. The van der Waals surface area contributed by atoms with Gasteiger partial charge in [0.15, 0.2) is 0 Å². The molecule has 0 radical (unpaired) electrons. The number of ether oxygens (including phenoxy) is 3. The number of carboxylic acid groups (broad SMARTS) is 4. The summed E-state index contributed by atoms with van der Waals surface area (Å²) in [4.78, 5) is 92.2. The van der Waals surface area contributed by atoms with Crippen molar-refractivity contribution in [1.29, 1.82) is 0 Å². The van der Waals surface area contributed by atoms with Crippen molar-refractivity contribution in [2.75, 3.05) is 159 Å². The van der Waals surface area contributed by atoms with E-state index in [1.165, 1.54) is 25.8 Å². The van der Waals surface area contributed by atoms with Crippen LogP contribution in [0.15, 0.2) is 0 Å². The third-order valence-electron chi connectivity index (χ3n) is 11.5. The van der Waals surface area contributed by atoms with Crippen LogP contribution in [0.25, 0.3) is 0 Å². The number of carbonyl (C=O) groups is 8. The number of carboxylic acids is 4. The Bertz CT molecular complexity index is 1510. The number of methoxy groups -OCH3 is 1. The Kier molecular flexibility index (Phi) is 66.3. The summed E-state index contributed by atoms with van der Waals surface area (Å²) in [7, 11) is 7.23. The molecule has 1 heterocycles. The summed E-state index contributed by atoms with van der Waals surface area (Å²) in [6, 6.07) is -0.741. The van der Waals surface area contributed by atoms with Gasteiger partial charge in [0.25, 0.3) is 0 Å². The van der Waals surface area contributed by atoms with Gasteiger partial charge in [-0.25, -0.2) is 0 Å². The Morgan fingerprint density at radius 2 is 1.00 bits per heavy atom. The Morgan fingerprint density at radius 3 is 1.35 bits per heavy atom. The van der Waals surface area contributed by atoms with Gasteiger partial charge in [-0.2, -0.15) is 0 Å². The van der Waals surface area contributed by atoms with Gasteiger partial charge in [0.1, 0.15) is 12.3 Å². The number of unbranched alkanes of at least 4 members (excludes halogenated alkanes) is 4. The monoisotopic (exact) mass is 1180 g/mol. The number of nitrogens with zero attached hydrogens (tertiary/aromatic N) is 4. The van der Waals surface area contributed by atoms with Crippen LogP contribution in [0.5, 0.6) is 0 Å². The third kappa shape index (κ3) is 66.4. The molecule has 0 aromatic heterocycles. The Hall–Kier alpha value is -4.40. The van der Waals surface area contributed by atoms with Crippen LogP contribution in [0.2, 0.25) is 0 Å². The predicted molar refractivity (Wildman–Crippen MR) is 326 cm³/mol. The maximum absolute atomic E-state index is 11.8. The molecular weight excluding hydrogens is 1060 g/mol. The average Bonchev–Trinajstić information content (AvgIpc) is 3.42. The zero-order valence-electron chi connectivity index (χ0n) is 54.1. The van der Waals surface area contributed by atoms with E-state index in [0.717, 1.165) is 65.1 Å². The lowest BCUT2D eigenvalue weighted by molar-refractivity contribution is -0.145. The summed E-state index contributed by atoms with van der Waals surface area (Å²) in [5.74, 6) is -4.03. The standard InChI is InChI=1S/C19H34N4O8.C12H26N2O2.C9H20O2.C8H15NO2.C6H15N.C2H5NO.C2H6/c1-2-3-15(19(30)31)23-10-8-21(13-17(26)27)6-4-20(12-16(24)25)5-7-22(9-11-23)14-18(28)29;1-11(2,6-13-5)8-16-9-12(3,4)7-14-10-15;1-5-6-11-8-9(2,3)7-10-4;1-2-3-4-5-8(11)9-6-7-10;1-3-4-5-6-7-2;1-3-2-4;1-2/h15H,2-14H2,1H3,(H,24,25)(H,26,27)(H,28,29)(H,30,31);10,13H,6-9H2,1-5H3,(H,14,15);5-8H2,1-4H3;7H,2-6H2,1H3,(H,9,11);7H,3-6H2,1-2H3;2H,1H3,(H,3,4);1-2H3. The lowest BCUT2D eigenvalue weighted by Crippen LogP contribution is -2.51. The molecule has 3 amide bonds. The van der Waals surface area contributed by atoms with E-state index in [4.69, 9.17) is 24.1 Å². The SMILES string of the molecule is CC.CCCC(C(=O)O)N1CCN(CC(=O)O)CCN(CC(=O)O)CCN(CC(=O)O)CC1.CCCCCC(=O)NCC=O.CCCCCNC.CCCOCC(C)(C)COC.CNC=O.CNCC(C)(C)COCC(C)(C)CNC=O. The van der Waals surface area contributed by atoms with Gasteiger partial charge in [-0.15, -0.1) is 0 Å². The van der Waals surface area contributed by atoms with Crippen molar-refractivity contribution in [1.82, 2.24) is 46.2 Å². The number of rotatable bonds is 36. The molecular formula is C58H121N9O15. The van der Waals surface area contributed by atoms with Gasteiger partial charge in [-0.1, -0.05) is 115 Å². The maximum Gasteiger partial charge on any atom is 0.320 e. The van der Waals surface area contributed by atoms with Crippen molar-refractivity contribution in [3.05, 3.63) is 0 Å². The van der Waals surface area contributed by atoms with Crippen LogP contribution in [-0.2, 0) is 52.6 Å². The summed E-state index contributed by atoms with van der Waals surface area (Å²) in [6.45, 7) is 33.5. The Balaban J connectivity index is -0.000000237. The van der Waals surface area contributed by atoms with Gasteiger partial charge in [-0.05, 0) is 46.3 Å². The van der Waals surface area contributed by atoms with Crippen LogP contribution >= 0.6 is 0 Å². The normalized spacial score (nSPS) is 13.9. The van der Waals surface area contributed by atoms with Gasteiger partial charge in [-0.3, -0.25) is 53.2 Å². The summed E-state index contributed by atoms with van der Waals surface area (Å²) in [5, 5.41) is 50.9. The number of hydrogen-bond acceptors (Lipinski definition) is 17. The lowest BCUT2D eigenvalue weighted by atomic mass is 9.93. The number of nitrogens with one attached hydrogen (secondary N) is 5. The van der Waals surface area contributed by atoms with E-state index in [9.17, 15) is 48.9 Å². The molecule has 488 valence electrons. The van der Waals surface area contributed by atoms with Gasteiger partial charge in [0.2, 0.25) is 18.7 Å². The van der Waals surface area contributed by atoms with E-state index in [1.807, 2.05) is 34.9 Å². The summed E-state index contributed by atoms with van der Waals surface area (Å²) in [6.07, 6.45) is 11.9. The molecule has 1 atom stereocenters. The van der Waals surface area contributed by atoms with Crippen LogP contribution in [0.3, 0.4) is 0 Å². The zero-order valence-corrected chi connectivity index (χ0v) is 54.1. The topological polar surface area (TPSA) is 318 Å². The number of amides is 3. The Labute approximate surface area is 495 Å². The molecule has 1 aliphatic heterocycles. The minimum atomic E-state index is -1.02. The van der Waals surface area contributed by atoms with Gasteiger partial charge in [0, 0.05) is 109 Å². The van der Waals surface area contributed by atoms with Crippen molar-refractivity contribution in [3.63, 3.8) is 0 Å². The third-order valence-corrected chi connectivity index (χ3v) is 11.5. The molecule has 24 nitrogen and oxygen atoms in total. The van der Waals surface area contributed by atoms with Crippen LogP contribution in [0.1, 0.15) is 147 Å². The van der Waals surface area contributed by atoms with Crippen LogP contribution in [-0.4, -0.2) is 254 Å². The highest BCUT2D eigenvalue weighted by atomic mass is 16.5. The first-order valence-corrected chi connectivity index (χ1v) is 29.4. The number of carbonyl (C=O) groups excluding carboxylic acids is 4. The first kappa shape index (κ1) is 88.8. The molecule has 0 saturated carbocycles. The second-order valence-electron chi connectivity index (χ2n) is 21.8. The van der Waals surface area contributed by atoms with E-state index < -0.39 is 29.9 Å². The molecule has 0 aromatic carbocycles. The van der Waals surface area contributed by atoms with Crippen molar-refractivity contribution in [2.24, 2.45) is 16.2 Å². The zero-order chi connectivity index (χ0) is 64.3. The molecule has 0 aliphatic carbocycles. The highest BCUT2D eigenvalue weighted by Gasteiger charge is 2.28. The molecule has 0 aromatic rings. The van der Waals surface area contributed by atoms with E-state index >= 15 is 0 Å². The second kappa shape index (κ2) is 61.2. The molecule has 0 spiro atoms. The fraction of sp³-hybridized carbons (Fsp3) is 0.862. The summed E-state index contributed by atoms with van der Waals surface area (Å²) < 4.78 is 16.2. The smallest absolute Gasteiger partial charge is 0.320 e. The van der Waals surface area contributed by atoms with Crippen LogP contribution in [0.4, 0.5) is 0 Å². The molecule has 82 heavy (non-hydrogen) atoms. The first-order chi connectivity index (χ1) is 38.7. The number of hydrogen-bond donors (Lipinski definition) is 9. The summed E-state index contributed by atoms with van der Waals surface area (Å²) in [5.41, 5.74) is 0.281. The van der Waals surface area contributed by atoms with Gasteiger partial charge >= 0.3 is 23.9 Å². The quantitative estimate of drug-likeness (QED) is 0.0308. The van der Waals surface area contributed by atoms with Crippen molar-refractivity contribution in [2.45, 2.75) is 153 Å². The molecule has 1 fully saturated rings. The predicted octanol–water partition coefficient (Wildman–Crippen LogP) is 4.49. The van der Waals surface area contributed by atoms with E-state index in [1.54, 1.807) is 33.8 Å². The molecule has 9 N–H and O–H groups in total. The highest BCUT2D eigenvalue weighted by molar-refractivity contribution is 5.78. The minimum absolute atomic E-state index is 0.0172. The second-order valence-corrected chi connectivity index (χ2v) is 21.8. The van der Waals surface area contributed by atoms with Crippen molar-refractivity contribution < 1.29 is 73.0 Å². The molecule has 1 rings (SSSR count). The molecule has 1 unspecified atom stereocenters.